The third-order valence-electron chi connectivity index (χ3n) is 3.16. The van der Waals surface area contributed by atoms with E-state index in [4.69, 9.17) is 5.11 Å². The van der Waals surface area contributed by atoms with Gasteiger partial charge in [0, 0.05) is 12.6 Å². The molecule has 0 amide bonds. The predicted octanol–water partition coefficient (Wildman–Crippen LogP) is 1.35. The fraction of sp³-hybridized carbons (Fsp3) is 1.00. The van der Waals surface area contributed by atoms with Crippen LogP contribution in [0.5, 0.6) is 0 Å². The summed E-state index contributed by atoms with van der Waals surface area (Å²) in [6.07, 6.45) is 2.28. The minimum absolute atomic E-state index is 0.340. The Bertz CT molecular complexity index is 136. The fourth-order valence-electron chi connectivity index (χ4n) is 2.20. The summed E-state index contributed by atoms with van der Waals surface area (Å²) in [6.45, 7) is 6.09. The van der Waals surface area contributed by atoms with E-state index >= 15 is 0 Å². The molecule has 0 aromatic carbocycles. The molecule has 2 unspecified atom stereocenters. The van der Waals surface area contributed by atoms with Crippen molar-refractivity contribution in [3.8, 4) is 0 Å². The summed E-state index contributed by atoms with van der Waals surface area (Å²) in [7, 11) is 2.18. The highest BCUT2D eigenvalue weighted by Crippen LogP contribution is 2.30. The minimum atomic E-state index is 0.340. The summed E-state index contributed by atoms with van der Waals surface area (Å²) in [5.74, 6) is 1.39. The van der Waals surface area contributed by atoms with Crippen LogP contribution >= 0.6 is 0 Å². The molecule has 0 aromatic rings. The van der Waals surface area contributed by atoms with Gasteiger partial charge in [0.1, 0.15) is 0 Å². The van der Waals surface area contributed by atoms with E-state index in [1.807, 2.05) is 0 Å². The van der Waals surface area contributed by atoms with Gasteiger partial charge < -0.3 is 10.0 Å². The Hall–Kier alpha value is -0.0800. The van der Waals surface area contributed by atoms with Crippen molar-refractivity contribution in [1.29, 1.82) is 0 Å². The maximum absolute atomic E-state index is 8.92. The summed E-state index contributed by atoms with van der Waals surface area (Å²) in [5.41, 5.74) is 0. The third-order valence-corrected chi connectivity index (χ3v) is 3.16. The molecule has 0 bridgehead atoms. The molecule has 1 fully saturated rings. The Morgan fingerprint density at radius 3 is 2.42 bits per heavy atom. The molecule has 2 heteroatoms. The molecular formula is C10H21NO. The highest BCUT2D eigenvalue weighted by Gasteiger charge is 2.33. The van der Waals surface area contributed by atoms with Gasteiger partial charge in [0.2, 0.25) is 0 Å². The van der Waals surface area contributed by atoms with E-state index in [0.29, 0.717) is 18.4 Å². The van der Waals surface area contributed by atoms with Gasteiger partial charge in [-0.15, -0.1) is 0 Å². The molecule has 0 aromatic heterocycles. The second kappa shape index (κ2) is 4.24. The van der Waals surface area contributed by atoms with Crippen molar-refractivity contribution in [2.75, 3.05) is 20.2 Å². The first kappa shape index (κ1) is 10.0. The van der Waals surface area contributed by atoms with Crippen LogP contribution in [0.1, 0.15) is 26.7 Å². The van der Waals surface area contributed by atoms with E-state index in [0.717, 1.165) is 12.5 Å². The SMILES string of the molecule is CC(C)C(CCO)C1CCN1C. The van der Waals surface area contributed by atoms with Crippen molar-refractivity contribution in [3.05, 3.63) is 0 Å². The fourth-order valence-corrected chi connectivity index (χ4v) is 2.20. The maximum atomic E-state index is 8.92. The molecule has 1 N–H and O–H groups in total. The summed E-state index contributed by atoms with van der Waals surface area (Å²) in [4.78, 5) is 2.40. The van der Waals surface area contributed by atoms with Crippen LogP contribution < -0.4 is 0 Å². The summed E-state index contributed by atoms with van der Waals surface area (Å²) >= 11 is 0. The topological polar surface area (TPSA) is 23.5 Å². The van der Waals surface area contributed by atoms with Crippen LogP contribution in [0.3, 0.4) is 0 Å². The molecule has 1 rings (SSSR count). The van der Waals surface area contributed by atoms with Crippen LogP contribution in [-0.2, 0) is 0 Å². The van der Waals surface area contributed by atoms with Gasteiger partial charge in [0.05, 0.1) is 0 Å². The van der Waals surface area contributed by atoms with Crippen molar-refractivity contribution in [2.24, 2.45) is 11.8 Å². The van der Waals surface area contributed by atoms with Gasteiger partial charge in [0.25, 0.3) is 0 Å². The average Bonchev–Trinajstić information content (AvgIpc) is 2.01. The lowest BCUT2D eigenvalue weighted by atomic mass is 9.80. The first-order chi connectivity index (χ1) is 5.66. The first-order valence-electron chi connectivity index (χ1n) is 4.98. The average molecular weight is 171 g/mol. The lowest BCUT2D eigenvalue weighted by molar-refractivity contribution is 0.0392. The molecule has 1 heterocycles. The normalized spacial score (nSPS) is 27.2. The van der Waals surface area contributed by atoms with E-state index in [-0.39, 0.29) is 0 Å². The highest BCUT2D eigenvalue weighted by atomic mass is 16.3. The third kappa shape index (κ3) is 1.99. The number of aliphatic hydroxyl groups excluding tert-OH is 1. The zero-order valence-electron chi connectivity index (χ0n) is 8.45. The molecule has 0 spiro atoms. The lowest BCUT2D eigenvalue weighted by Crippen LogP contribution is -2.50. The van der Waals surface area contributed by atoms with Gasteiger partial charge in [0.15, 0.2) is 0 Å². The first-order valence-corrected chi connectivity index (χ1v) is 4.98. The molecule has 0 aliphatic carbocycles. The predicted molar refractivity (Wildman–Crippen MR) is 51.1 cm³/mol. The molecular weight excluding hydrogens is 150 g/mol. The molecule has 2 nitrogen and oxygen atoms in total. The van der Waals surface area contributed by atoms with E-state index in [1.54, 1.807) is 0 Å². The van der Waals surface area contributed by atoms with Crippen molar-refractivity contribution in [1.82, 2.24) is 4.90 Å². The van der Waals surface area contributed by atoms with Gasteiger partial charge in [-0.1, -0.05) is 13.8 Å². The number of nitrogens with zero attached hydrogens (tertiary/aromatic N) is 1. The Labute approximate surface area is 75.6 Å². The van der Waals surface area contributed by atoms with Gasteiger partial charge in [-0.3, -0.25) is 0 Å². The molecule has 1 saturated heterocycles. The Morgan fingerprint density at radius 1 is 1.50 bits per heavy atom. The zero-order chi connectivity index (χ0) is 9.14. The largest absolute Gasteiger partial charge is 0.396 e. The highest BCUT2D eigenvalue weighted by molar-refractivity contribution is 4.87. The number of aliphatic hydroxyl groups is 1. The van der Waals surface area contributed by atoms with Gasteiger partial charge in [-0.2, -0.15) is 0 Å². The maximum Gasteiger partial charge on any atom is 0.0434 e. The summed E-state index contributed by atoms with van der Waals surface area (Å²) in [5, 5.41) is 8.92. The lowest BCUT2D eigenvalue weighted by Gasteiger charge is -2.44. The van der Waals surface area contributed by atoms with Crippen molar-refractivity contribution in [3.63, 3.8) is 0 Å². The minimum Gasteiger partial charge on any atom is -0.396 e. The van der Waals surface area contributed by atoms with Crippen LogP contribution in [0.25, 0.3) is 0 Å². The molecule has 2 atom stereocenters. The molecule has 0 radical (unpaired) electrons. The number of rotatable bonds is 4. The van der Waals surface area contributed by atoms with Crippen molar-refractivity contribution >= 4 is 0 Å². The van der Waals surface area contributed by atoms with Gasteiger partial charge in [-0.05, 0) is 38.3 Å². The van der Waals surface area contributed by atoms with Crippen LogP contribution in [-0.4, -0.2) is 36.2 Å². The summed E-state index contributed by atoms with van der Waals surface area (Å²) in [6, 6.07) is 0.733. The van der Waals surface area contributed by atoms with Crippen LogP contribution in [0.4, 0.5) is 0 Å². The monoisotopic (exact) mass is 171 g/mol. The van der Waals surface area contributed by atoms with Crippen LogP contribution in [0.2, 0.25) is 0 Å². The molecule has 1 aliphatic heterocycles. The zero-order valence-corrected chi connectivity index (χ0v) is 8.45. The van der Waals surface area contributed by atoms with Crippen molar-refractivity contribution in [2.45, 2.75) is 32.7 Å². The molecule has 12 heavy (non-hydrogen) atoms. The number of hydrogen-bond donors (Lipinski definition) is 1. The second-order valence-electron chi connectivity index (χ2n) is 4.26. The van der Waals surface area contributed by atoms with E-state index in [9.17, 15) is 0 Å². The Balaban J connectivity index is 2.41. The standard InChI is InChI=1S/C10H21NO/c1-8(2)9(5-7-12)10-4-6-11(10)3/h8-10,12H,4-7H2,1-3H3. The van der Waals surface area contributed by atoms with E-state index in [1.165, 1.54) is 13.0 Å². The Morgan fingerprint density at radius 2 is 2.17 bits per heavy atom. The Kier molecular flexibility index (Phi) is 3.53. The van der Waals surface area contributed by atoms with Gasteiger partial charge in [-0.25, -0.2) is 0 Å². The summed E-state index contributed by atoms with van der Waals surface area (Å²) < 4.78 is 0. The van der Waals surface area contributed by atoms with Crippen LogP contribution in [0.15, 0.2) is 0 Å². The van der Waals surface area contributed by atoms with E-state index in [2.05, 4.69) is 25.8 Å². The number of hydrogen-bond acceptors (Lipinski definition) is 2. The van der Waals surface area contributed by atoms with Crippen LogP contribution in [0, 0.1) is 11.8 Å². The second-order valence-corrected chi connectivity index (χ2v) is 4.26. The smallest absolute Gasteiger partial charge is 0.0434 e. The van der Waals surface area contributed by atoms with Crippen molar-refractivity contribution < 1.29 is 5.11 Å². The number of likely N-dealkylation sites (tertiary alicyclic amines) is 1. The quantitative estimate of drug-likeness (QED) is 0.690. The molecule has 72 valence electrons. The molecule has 0 saturated carbocycles. The van der Waals surface area contributed by atoms with E-state index < -0.39 is 0 Å². The van der Waals surface area contributed by atoms with Gasteiger partial charge >= 0.3 is 0 Å². The molecule has 1 aliphatic rings.